The van der Waals surface area contributed by atoms with Crippen molar-refractivity contribution in [1.82, 2.24) is 15.8 Å². The molecule has 134 valence electrons. The van der Waals surface area contributed by atoms with Gasteiger partial charge in [-0.2, -0.15) is 0 Å². The topological polar surface area (TPSA) is 84.2 Å². The van der Waals surface area contributed by atoms with Crippen LogP contribution in [0.25, 0.3) is 10.6 Å². The number of aromatic nitrogens is 1. The van der Waals surface area contributed by atoms with Crippen molar-refractivity contribution in [2.75, 3.05) is 0 Å². The summed E-state index contributed by atoms with van der Waals surface area (Å²) in [5.41, 5.74) is 6.81. The Bertz CT molecular complexity index is 964. The number of amides is 2. The zero-order valence-electron chi connectivity index (χ0n) is 14.1. The van der Waals surface area contributed by atoms with Gasteiger partial charge in [-0.1, -0.05) is 28.1 Å². The number of nitrogens with zero attached hydrogens (tertiary/aromatic N) is 1. The molecule has 0 aliphatic heterocycles. The summed E-state index contributed by atoms with van der Waals surface area (Å²) in [5.74, 6) is 0.386. The molecule has 1 aromatic carbocycles. The van der Waals surface area contributed by atoms with Crippen LogP contribution in [0.5, 0.6) is 0 Å². The van der Waals surface area contributed by atoms with Crippen LogP contribution in [0.4, 0.5) is 0 Å². The fourth-order valence-electron chi connectivity index (χ4n) is 2.40. The Morgan fingerprint density at radius 1 is 1.23 bits per heavy atom. The number of halogens is 1. The first-order chi connectivity index (χ1) is 12.4. The molecule has 2 amide bonds. The Balaban J connectivity index is 1.57. The van der Waals surface area contributed by atoms with E-state index in [1.807, 2.05) is 29.6 Å². The molecule has 0 fully saturated rings. The fourth-order valence-corrected chi connectivity index (χ4v) is 3.62. The molecule has 0 atom stereocenters. The van der Waals surface area contributed by atoms with Gasteiger partial charge in [0.2, 0.25) is 5.91 Å². The summed E-state index contributed by atoms with van der Waals surface area (Å²) in [5, 5.41) is 2.67. The molecule has 0 aliphatic rings. The van der Waals surface area contributed by atoms with Crippen molar-refractivity contribution in [3.8, 4) is 10.6 Å². The summed E-state index contributed by atoms with van der Waals surface area (Å²) in [4.78, 5) is 28.6. The lowest BCUT2D eigenvalue weighted by Gasteiger charge is -2.05. The van der Waals surface area contributed by atoms with Crippen molar-refractivity contribution in [2.24, 2.45) is 0 Å². The van der Waals surface area contributed by atoms with Gasteiger partial charge in [-0.05, 0) is 32.0 Å². The van der Waals surface area contributed by atoms with Crippen molar-refractivity contribution < 1.29 is 14.0 Å². The third-order valence-electron chi connectivity index (χ3n) is 3.57. The molecule has 0 bridgehead atoms. The molecule has 0 saturated carbocycles. The van der Waals surface area contributed by atoms with E-state index in [4.69, 9.17) is 4.42 Å². The average molecular weight is 434 g/mol. The van der Waals surface area contributed by atoms with Gasteiger partial charge in [0.15, 0.2) is 0 Å². The molecule has 6 nitrogen and oxygen atoms in total. The van der Waals surface area contributed by atoms with E-state index >= 15 is 0 Å². The van der Waals surface area contributed by atoms with E-state index in [1.54, 1.807) is 19.9 Å². The minimum atomic E-state index is -0.416. The monoisotopic (exact) mass is 433 g/mol. The van der Waals surface area contributed by atoms with Gasteiger partial charge >= 0.3 is 0 Å². The second-order valence-electron chi connectivity index (χ2n) is 5.66. The normalized spacial score (nSPS) is 10.6. The third kappa shape index (κ3) is 4.39. The van der Waals surface area contributed by atoms with E-state index < -0.39 is 5.91 Å². The second-order valence-corrected chi connectivity index (χ2v) is 7.43. The molecule has 3 rings (SSSR count). The van der Waals surface area contributed by atoms with Crippen LogP contribution in [0.2, 0.25) is 0 Å². The molecule has 2 heterocycles. The van der Waals surface area contributed by atoms with E-state index in [-0.39, 0.29) is 12.3 Å². The Hall–Kier alpha value is -2.45. The van der Waals surface area contributed by atoms with Crippen molar-refractivity contribution in [3.63, 3.8) is 0 Å². The summed E-state index contributed by atoms with van der Waals surface area (Å²) in [6.07, 6.45) is 0.0776. The fraction of sp³-hybridized carbons (Fsp3) is 0.167. The number of carbonyl (C=O) groups is 2. The summed E-state index contributed by atoms with van der Waals surface area (Å²) >= 11 is 4.90. The van der Waals surface area contributed by atoms with Crippen LogP contribution in [0.15, 0.2) is 44.6 Å². The molecule has 0 radical (unpaired) electrons. The van der Waals surface area contributed by atoms with Gasteiger partial charge in [-0.25, -0.2) is 4.98 Å². The van der Waals surface area contributed by atoms with E-state index in [2.05, 4.69) is 31.8 Å². The predicted octanol–water partition coefficient (Wildman–Crippen LogP) is 3.79. The van der Waals surface area contributed by atoms with Crippen LogP contribution in [0.3, 0.4) is 0 Å². The maximum absolute atomic E-state index is 12.1. The highest BCUT2D eigenvalue weighted by molar-refractivity contribution is 9.10. The average Bonchev–Trinajstić information content (AvgIpc) is 3.19. The molecule has 0 unspecified atom stereocenters. The van der Waals surface area contributed by atoms with Crippen LogP contribution in [0.1, 0.15) is 27.6 Å². The number of hydrazine groups is 1. The molecular formula is C18H16BrN3O3S. The summed E-state index contributed by atoms with van der Waals surface area (Å²) in [6, 6.07) is 9.43. The molecular weight excluding hydrogens is 418 g/mol. The first-order valence-electron chi connectivity index (χ1n) is 7.79. The largest absolute Gasteiger partial charge is 0.466 e. The maximum atomic E-state index is 12.1. The van der Waals surface area contributed by atoms with Gasteiger partial charge in [-0.3, -0.25) is 20.4 Å². The number of aryl methyl sites for hydroxylation is 2. The highest BCUT2D eigenvalue weighted by Gasteiger charge is 2.15. The van der Waals surface area contributed by atoms with E-state index in [1.165, 1.54) is 11.3 Å². The van der Waals surface area contributed by atoms with Crippen LogP contribution < -0.4 is 10.9 Å². The molecule has 3 aromatic rings. The van der Waals surface area contributed by atoms with Gasteiger partial charge in [-0.15, -0.1) is 11.3 Å². The van der Waals surface area contributed by atoms with Gasteiger partial charge in [0.05, 0.1) is 17.7 Å². The number of hydrogen-bond acceptors (Lipinski definition) is 5. The molecule has 2 aromatic heterocycles. The summed E-state index contributed by atoms with van der Waals surface area (Å²) in [6.45, 7) is 3.45. The van der Waals surface area contributed by atoms with Crippen molar-refractivity contribution >= 4 is 39.1 Å². The Kier molecular flexibility index (Phi) is 5.53. The summed E-state index contributed by atoms with van der Waals surface area (Å²) in [7, 11) is 0. The molecule has 0 saturated heterocycles. The number of furan rings is 1. The zero-order valence-corrected chi connectivity index (χ0v) is 16.5. The Labute approximate surface area is 162 Å². The van der Waals surface area contributed by atoms with E-state index in [9.17, 15) is 9.59 Å². The van der Waals surface area contributed by atoms with Crippen LogP contribution in [-0.2, 0) is 11.2 Å². The standard InChI is InChI=1S/C18H16BrN3O3S/c1-10-6-15(11(2)25-10)17(24)22-21-16(23)8-14-9-26-18(20-14)12-4-3-5-13(19)7-12/h3-7,9H,8H2,1-2H3,(H,21,23)(H,22,24). The number of carbonyl (C=O) groups excluding carboxylic acids is 2. The molecule has 0 spiro atoms. The van der Waals surface area contributed by atoms with E-state index in [0.717, 1.165) is 15.0 Å². The highest BCUT2D eigenvalue weighted by Crippen LogP contribution is 2.26. The van der Waals surface area contributed by atoms with Crippen molar-refractivity contribution in [3.05, 3.63) is 63.0 Å². The van der Waals surface area contributed by atoms with Gasteiger partial charge in [0.25, 0.3) is 5.91 Å². The number of benzene rings is 1. The van der Waals surface area contributed by atoms with Crippen LogP contribution >= 0.6 is 27.3 Å². The van der Waals surface area contributed by atoms with Crippen molar-refractivity contribution in [2.45, 2.75) is 20.3 Å². The van der Waals surface area contributed by atoms with Gasteiger partial charge < -0.3 is 4.42 Å². The maximum Gasteiger partial charge on any atom is 0.273 e. The quantitative estimate of drug-likeness (QED) is 0.613. The van der Waals surface area contributed by atoms with Crippen LogP contribution in [-0.4, -0.2) is 16.8 Å². The first-order valence-corrected chi connectivity index (χ1v) is 9.46. The molecule has 0 aliphatic carbocycles. The Morgan fingerprint density at radius 2 is 2.04 bits per heavy atom. The number of hydrogen-bond donors (Lipinski definition) is 2. The molecule has 26 heavy (non-hydrogen) atoms. The molecule has 2 N–H and O–H groups in total. The number of nitrogens with one attached hydrogen (secondary N) is 2. The van der Waals surface area contributed by atoms with Crippen LogP contribution in [0, 0.1) is 13.8 Å². The number of rotatable bonds is 4. The Morgan fingerprint density at radius 3 is 2.73 bits per heavy atom. The van der Waals surface area contributed by atoms with E-state index in [0.29, 0.717) is 22.8 Å². The highest BCUT2D eigenvalue weighted by atomic mass is 79.9. The number of thiazole rings is 1. The second kappa shape index (κ2) is 7.84. The lowest BCUT2D eigenvalue weighted by molar-refractivity contribution is -0.121. The minimum Gasteiger partial charge on any atom is -0.466 e. The lowest BCUT2D eigenvalue weighted by Crippen LogP contribution is -2.42. The lowest BCUT2D eigenvalue weighted by atomic mass is 10.2. The van der Waals surface area contributed by atoms with Crippen molar-refractivity contribution in [1.29, 1.82) is 0 Å². The smallest absolute Gasteiger partial charge is 0.273 e. The zero-order chi connectivity index (χ0) is 18.7. The van der Waals surface area contributed by atoms with Gasteiger partial charge in [0.1, 0.15) is 16.5 Å². The minimum absolute atomic E-state index is 0.0776. The SMILES string of the molecule is Cc1cc(C(=O)NNC(=O)Cc2csc(-c3cccc(Br)c3)n2)c(C)o1. The summed E-state index contributed by atoms with van der Waals surface area (Å²) < 4.78 is 6.28. The van der Waals surface area contributed by atoms with Gasteiger partial charge in [0, 0.05) is 15.4 Å². The third-order valence-corrected chi connectivity index (χ3v) is 5.00. The molecule has 8 heteroatoms. The first kappa shape index (κ1) is 18.3. The predicted molar refractivity (Wildman–Crippen MR) is 103 cm³/mol.